The normalized spacial score (nSPS) is 10.0. The van der Waals surface area contributed by atoms with Crippen LogP contribution in [0.5, 0.6) is 0 Å². The predicted molar refractivity (Wildman–Crippen MR) is 57.0 cm³/mol. The van der Waals surface area contributed by atoms with Gasteiger partial charge in [0.25, 0.3) is 0 Å². The molecule has 0 rings (SSSR count). The SMILES string of the molecule is CC(C)(C)[O-].CC(C)(C)[O-].[CH3][Sn+2][CH3]. The van der Waals surface area contributed by atoms with E-state index in [1.165, 1.54) is 0 Å². The second kappa shape index (κ2) is 9.28. The fourth-order valence-electron chi connectivity index (χ4n) is 0. The van der Waals surface area contributed by atoms with E-state index in [0.717, 1.165) is 0 Å². The topological polar surface area (TPSA) is 46.1 Å². The van der Waals surface area contributed by atoms with Gasteiger partial charge in [-0.05, 0) is 0 Å². The summed E-state index contributed by atoms with van der Waals surface area (Å²) in [5, 5.41) is 20.2. The molecule has 0 atom stereocenters. The van der Waals surface area contributed by atoms with Gasteiger partial charge in [0, 0.05) is 0 Å². The maximum atomic E-state index is 10.1. The molecule has 13 heavy (non-hydrogen) atoms. The van der Waals surface area contributed by atoms with E-state index in [-0.39, 0.29) is 21.1 Å². The van der Waals surface area contributed by atoms with Gasteiger partial charge in [-0.15, -0.1) is 11.2 Å². The maximum absolute atomic E-state index is 10.1. The summed E-state index contributed by atoms with van der Waals surface area (Å²) in [6, 6.07) is 0. The minimum absolute atomic E-state index is 0.230. The van der Waals surface area contributed by atoms with Crippen LogP contribution >= 0.6 is 0 Å². The van der Waals surface area contributed by atoms with Crippen LogP contribution in [0.3, 0.4) is 0 Å². The molecule has 0 spiro atoms. The quantitative estimate of drug-likeness (QED) is 0.628. The first-order chi connectivity index (χ1) is 5.41. The zero-order chi connectivity index (χ0) is 11.7. The van der Waals surface area contributed by atoms with Crippen LogP contribution in [0.2, 0.25) is 9.88 Å². The van der Waals surface area contributed by atoms with Crippen LogP contribution in [-0.2, 0) is 0 Å². The second-order valence-electron chi connectivity index (χ2n) is 4.72. The summed E-state index contributed by atoms with van der Waals surface area (Å²) < 4.78 is 0. The summed E-state index contributed by atoms with van der Waals surface area (Å²) in [6.45, 7) is 9.79. The Bertz CT molecular complexity index is 66.1. The summed E-state index contributed by atoms with van der Waals surface area (Å²) in [6.07, 6.45) is 0. The molecule has 0 aromatic rings. The molecule has 0 aliphatic rings. The van der Waals surface area contributed by atoms with Gasteiger partial charge in [0.15, 0.2) is 0 Å². The van der Waals surface area contributed by atoms with Crippen molar-refractivity contribution in [3.63, 3.8) is 0 Å². The van der Waals surface area contributed by atoms with Gasteiger partial charge in [-0.3, -0.25) is 0 Å². The predicted octanol–water partition coefficient (Wildman–Crippen LogP) is 1.08. The molecule has 0 radical (unpaired) electrons. The molecule has 3 heteroatoms. The molecular formula is C10H24O2Sn. The van der Waals surface area contributed by atoms with Crippen molar-refractivity contribution in [2.24, 2.45) is 0 Å². The number of hydrogen-bond acceptors (Lipinski definition) is 2. The first kappa shape index (κ1) is 19.3. The molecule has 0 saturated heterocycles. The molecule has 0 N–H and O–H groups in total. The number of hydrogen-bond donors (Lipinski definition) is 0. The molecule has 0 fully saturated rings. The summed E-state index contributed by atoms with van der Waals surface area (Å²) >= 11 is 0.230. The third-order valence-corrected chi connectivity index (χ3v) is 0. The summed E-state index contributed by atoms with van der Waals surface area (Å²) in [5.41, 5.74) is -1.50. The van der Waals surface area contributed by atoms with Crippen LogP contribution < -0.4 is 10.2 Å². The monoisotopic (exact) mass is 296 g/mol. The van der Waals surface area contributed by atoms with E-state index < -0.39 is 11.2 Å². The zero-order valence-electron chi connectivity index (χ0n) is 10.3. The fraction of sp³-hybridized carbons (Fsp3) is 1.00. The van der Waals surface area contributed by atoms with E-state index in [1.807, 2.05) is 0 Å². The first-order valence-corrected chi connectivity index (χ1v) is 10.1. The van der Waals surface area contributed by atoms with Gasteiger partial charge in [0.05, 0.1) is 0 Å². The third-order valence-electron chi connectivity index (χ3n) is 0. The van der Waals surface area contributed by atoms with Crippen LogP contribution in [0, 0.1) is 0 Å². The van der Waals surface area contributed by atoms with E-state index in [4.69, 9.17) is 0 Å². The minimum atomic E-state index is -0.750. The molecule has 0 unspecified atom stereocenters. The van der Waals surface area contributed by atoms with Crippen molar-refractivity contribution in [1.29, 1.82) is 0 Å². The molecule has 0 aliphatic heterocycles. The molecule has 80 valence electrons. The van der Waals surface area contributed by atoms with Crippen molar-refractivity contribution >= 4 is 21.1 Å². The molecule has 0 bridgehead atoms. The Morgan fingerprint density at radius 3 is 0.692 bits per heavy atom. The van der Waals surface area contributed by atoms with E-state index in [2.05, 4.69) is 9.88 Å². The van der Waals surface area contributed by atoms with Gasteiger partial charge in [-0.25, -0.2) is 0 Å². The average molecular weight is 295 g/mol. The zero-order valence-corrected chi connectivity index (χ0v) is 13.2. The molecule has 0 aliphatic carbocycles. The van der Waals surface area contributed by atoms with E-state index in [0.29, 0.717) is 0 Å². The Labute approximate surface area is 94.0 Å². The molecule has 0 heterocycles. The molecule has 0 aromatic heterocycles. The Morgan fingerprint density at radius 2 is 0.692 bits per heavy atom. The first-order valence-electron chi connectivity index (χ1n) is 4.41. The van der Waals surface area contributed by atoms with Crippen LogP contribution in [0.15, 0.2) is 0 Å². The fourth-order valence-corrected chi connectivity index (χ4v) is 0. The Balaban J connectivity index is -0.000000120. The van der Waals surface area contributed by atoms with E-state index in [9.17, 15) is 10.2 Å². The molecule has 2 nitrogen and oxygen atoms in total. The molecule has 0 saturated carbocycles. The van der Waals surface area contributed by atoms with Gasteiger partial charge < -0.3 is 10.2 Å². The Morgan fingerprint density at radius 1 is 0.692 bits per heavy atom. The van der Waals surface area contributed by atoms with Crippen LogP contribution in [0.4, 0.5) is 0 Å². The summed E-state index contributed by atoms with van der Waals surface area (Å²) in [7, 11) is 0. The molecule has 0 amide bonds. The summed E-state index contributed by atoms with van der Waals surface area (Å²) in [4.78, 5) is 4.59. The van der Waals surface area contributed by atoms with Crippen molar-refractivity contribution in [2.75, 3.05) is 0 Å². The van der Waals surface area contributed by atoms with Gasteiger partial charge in [-0.2, -0.15) is 0 Å². The second-order valence-corrected chi connectivity index (χ2v) is 7.58. The van der Waals surface area contributed by atoms with Crippen molar-refractivity contribution in [3.8, 4) is 0 Å². The van der Waals surface area contributed by atoms with Gasteiger partial charge >= 0.3 is 31.0 Å². The van der Waals surface area contributed by atoms with Gasteiger partial charge in [-0.1, -0.05) is 41.5 Å². The van der Waals surface area contributed by atoms with E-state index in [1.54, 1.807) is 41.5 Å². The average Bonchev–Trinajstić information content (AvgIpc) is 1.52. The third kappa shape index (κ3) is 2830. The number of rotatable bonds is 0. The molecule has 0 aromatic carbocycles. The summed E-state index contributed by atoms with van der Waals surface area (Å²) in [5.74, 6) is 0. The van der Waals surface area contributed by atoms with Crippen LogP contribution in [0.1, 0.15) is 41.5 Å². The van der Waals surface area contributed by atoms with E-state index >= 15 is 0 Å². The Kier molecular flexibility index (Phi) is 13.8. The molecular weight excluding hydrogens is 271 g/mol. The van der Waals surface area contributed by atoms with Crippen molar-refractivity contribution in [2.45, 2.75) is 62.6 Å². The van der Waals surface area contributed by atoms with Crippen LogP contribution in [0.25, 0.3) is 0 Å². The van der Waals surface area contributed by atoms with Crippen molar-refractivity contribution in [3.05, 3.63) is 0 Å². The van der Waals surface area contributed by atoms with Gasteiger partial charge in [0.1, 0.15) is 0 Å². The van der Waals surface area contributed by atoms with Crippen molar-refractivity contribution < 1.29 is 10.2 Å². The Hall–Kier alpha value is 0.719. The van der Waals surface area contributed by atoms with Crippen molar-refractivity contribution in [1.82, 2.24) is 0 Å². The van der Waals surface area contributed by atoms with Crippen LogP contribution in [-0.4, -0.2) is 32.3 Å². The van der Waals surface area contributed by atoms with Gasteiger partial charge in [0.2, 0.25) is 0 Å². The standard InChI is InChI=1S/2C4H9O.2CH3.Sn/c2*1-4(2,3)5;;;/h2*1-3H3;2*1H3;/q2*-1;;;+2.